The van der Waals surface area contributed by atoms with Gasteiger partial charge in [0.15, 0.2) is 0 Å². The second kappa shape index (κ2) is 5.50. The molecule has 2 aliphatic rings. The number of carbonyl (C=O) groups excluding carboxylic acids is 2. The van der Waals surface area contributed by atoms with Crippen molar-refractivity contribution in [1.29, 1.82) is 0 Å². The van der Waals surface area contributed by atoms with Crippen LogP contribution in [0.2, 0.25) is 10.0 Å². The Bertz CT molecular complexity index is 581. The monoisotopic (exact) mass is 326 g/mol. The highest BCUT2D eigenvalue weighted by Crippen LogP contribution is 2.37. The van der Waals surface area contributed by atoms with Gasteiger partial charge in [-0.15, -0.1) is 0 Å². The van der Waals surface area contributed by atoms with E-state index in [0.717, 1.165) is 12.8 Å². The fraction of sp³-hybridized carbons (Fsp3) is 0.467. The molecule has 1 heterocycles. The SMILES string of the molecule is CCC1C(=O)NC(C2CC2)C(=O)N1c1cc(Cl)cc(Cl)c1. The summed E-state index contributed by atoms with van der Waals surface area (Å²) in [6.07, 6.45) is 2.51. The lowest BCUT2D eigenvalue weighted by Crippen LogP contribution is -2.64. The fourth-order valence-corrected chi connectivity index (χ4v) is 3.35. The predicted molar refractivity (Wildman–Crippen MR) is 82.7 cm³/mol. The van der Waals surface area contributed by atoms with Gasteiger partial charge in [0.2, 0.25) is 5.91 Å². The minimum atomic E-state index is -0.512. The summed E-state index contributed by atoms with van der Waals surface area (Å²) in [7, 11) is 0. The minimum absolute atomic E-state index is 0.0673. The van der Waals surface area contributed by atoms with Crippen molar-refractivity contribution in [3.05, 3.63) is 28.2 Å². The van der Waals surface area contributed by atoms with E-state index in [9.17, 15) is 9.59 Å². The average Bonchev–Trinajstić information content (AvgIpc) is 3.23. The van der Waals surface area contributed by atoms with Gasteiger partial charge in [-0.3, -0.25) is 14.5 Å². The number of hydrogen-bond donors (Lipinski definition) is 1. The highest BCUT2D eigenvalue weighted by Gasteiger charge is 2.46. The number of nitrogens with one attached hydrogen (secondary N) is 1. The van der Waals surface area contributed by atoms with Crippen LogP contribution in [-0.2, 0) is 9.59 Å². The Kier molecular flexibility index (Phi) is 3.84. The lowest BCUT2D eigenvalue weighted by molar-refractivity contribution is -0.134. The number of piperazine rings is 1. The summed E-state index contributed by atoms with van der Waals surface area (Å²) in [5, 5.41) is 3.77. The number of rotatable bonds is 3. The van der Waals surface area contributed by atoms with Crippen LogP contribution in [-0.4, -0.2) is 23.9 Å². The van der Waals surface area contributed by atoms with Crippen molar-refractivity contribution >= 4 is 40.7 Å². The van der Waals surface area contributed by atoms with Gasteiger partial charge in [-0.2, -0.15) is 0 Å². The number of benzene rings is 1. The Morgan fingerprint density at radius 2 is 1.81 bits per heavy atom. The minimum Gasteiger partial charge on any atom is -0.342 e. The van der Waals surface area contributed by atoms with E-state index in [4.69, 9.17) is 23.2 Å². The summed E-state index contributed by atoms with van der Waals surface area (Å²) < 4.78 is 0. The molecule has 1 saturated carbocycles. The molecule has 0 spiro atoms. The van der Waals surface area contributed by atoms with Crippen molar-refractivity contribution in [3.8, 4) is 0 Å². The van der Waals surface area contributed by atoms with Crippen LogP contribution < -0.4 is 10.2 Å². The second-order valence-electron chi connectivity index (χ2n) is 5.58. The Morgan fingerprint density at radius 1 is 1.19 bits per heavy atom. The molecule has 1 N–H and O–H groups in total. The number of halogens is 2. The molecule has 0 radical (unpaired) electrons. The molecule has 0 aromatic heterocycles. The molecule has 1 aliphatic heterocycles. The van der Waals surface area contributed by atoms with E-state index in [0.29, 0.717) is 22.2 Å². The fourth-order valence-electron chi connectivity index (χ4n) is 2.83. The third-order valence-corrected chi connectivity index (χ3v) is 4.46. The van der Waals surface area contributed by atoms with Gasteiger partial charge in [-0.25, -0.2) is 0 Å². The molecule has 4 nitrogen and oxygen atoms in total. The third-order valence-electron chi connectivity index (χ3n) is 4.02. The Balaban J connectivity index is 2.01. The van der Waals surface area contributed by atoms with Gasteiger partial charge in [-0.05, 0) is 43.4 Å². The molecule has 6 heteroatoms. The zero-order valence-electron chi connectivity index (χ0n) is 11.6. The first-order chi connectivity index (χ1) is 10.0. The lowest BCUT2D eigenvalue weighted by Gasteiger charge is -2.39. The quantitative estimate of drug-likeness (QED) is 0.928. The van der Waals surface area contributed by atoms with Crippen LogP contribution in [0.5, 0.6) is 0 Å². The van der Waals surface area contributed by atoms with Gasteiger partial charge < -0.3 is 5.32 Å². The Hall–Kier alpha value is -1.26. The predicted octanol–water partition coefficient (Wildman–Crippen LogP) is 3.01. The number of carbonyl (C=O) groups is 2. The van der Waals surface area contributed by atoms with Crippen molar-refractivity contribution in [2.24, 2.45) is 5.92 Å². The van der Waals surface area contributed by atoms with Crippen LogP contribution in [0.15, 0.2) is 18.2 Å². The number of amides is 2. The molecule has 112 valence electrons. The van der Waals surface area contributed by atoms with Gasteiger partial charge in [0, 0.05) is 15.7 Å². The van der Waals surface area contributed by atoms with E-state index in [1.165, 1.54) is 0 Å². The maximum atomic E-state index is 12.8. The van der Waals surface area contributed by atoms with Crippen LogP contribution in [0, 0.1) is 5.92 Å². The number of anilines is 1. The highest BCUT2D eigenvalue weighted by atomic mass is 35.5. The molecule has 21 heavy (non-hydrogen) atoms. The molecule has 2 unspecified atom stereocenters. The number of nitrogens with zero attached hydrogens (tertiary/aromatic N) is 1. The van der Waals surface area contributed by atoms with Crippen LogP contribution in [0.1, 0.15) is 26.2 Å². The topological polar surface area (TPSA) is 49.4 Å². The molecular weight excluding hydrogens is 311 g/mol. The zero-order chi connectivity index (χ0) is 15.1. The van der Waals surface area contributed by atoms with Crippen molar-refractivity contribution < 1.29 is 9.59 Å². The first-order valence-electron chi connectivity index (χ1n) is 7.10. The molecule has 2 amide bonds. The zero-order valence-corrected chi connectivity index (χ0v) is 13.1. The van der Waals surface area contributed by atoms with Crippen LogP contribution in [0.4, 0.5) is 5.69 Å². The largest absolute Gasteiger partial charge is 0.342 e. The summed E-state index contributed by atoms with van der Waals surface area (Å²) in [4.78, 5) is 26.6. The van der Waals surface area contributed by atoms with Crippen LogP contribution in [0.3, 0.4) is 0 Å². The Morgan fingerprint density at radius 3 is 2.33 bits per heavy atom. The first-order valence-corrected chi connectivity index (χ1v) is 7.86. The van der Waals surface area contributed by atoms with Crippen molar-refractivity contribution in [2.75, 3.05) is 4.90 Å². The van der Waals surface area contributed by atoms with E-state index in [1.807, 2.05) is 6.92 Å². The Labute approximate surface area is 133 Å². The summed E-state index contributed by atoms with van der Waals surface area (Å²) in [5.74, 6) is 0.0868. The summed E-state index contributed by atoms with van der Waals surface area (Å²) in [6, 6.07) is 4.04. The molecule has 1 aromatic carbocycles. The van der Waals surface area contributed by atoms with E-state index < -0.39 is 12.1 Å². The van der Waals surface area contributed by atoms with Crippen LogP contribution >= 0.6 is 23.2 Å². The standard InChI is InChI=1S/C15H16Cl2N2O2/c1-2-12-14(20)18-13(8-3-4-8)15(21)19(12)11-6-9(16)5-10(17)7-11/h5-8,12-13H,2-4H2,1H3,(H,18,20). The smallest absolute Gasteiger partial charge is 0.250 e. The van der Waals surface area contributed by atoms with Gasteiger partial charge in [0.25, 0.3) is 5.91 Å². The van der Waals surface area contributed by atoms with Gasteiger partial charge in [-0.1, -0.05) is 30.1 Å². The van der Waals surface area contributed by atoms with Gasteiger partial charge in [0.05, 0.1) is 0 Å². The second-order valence-corrected chi connectivity index (χ2v) is 6.46. The summed E-state index contributed by atoms with van der Waals surface area (Å²) in [6.45, 7) is 1.88. The van der Waals surface area contributed by atoms with E-state index in [-0.39, 0.29) is 17.7 Å². The van der Waals surface area contributed by atoms with E-state index >= 15 is 0 Å². The first kappa shape index (κ1) is 14.7. The third kappa shape index (κ3) is 2.74. The van der Waals surface area contributed by atoms with E-state index in [1.54, 1.807) is 23.1 Å². The number of hydrogen-bond acceptors (Lipinski definition) is 2. The van der Waals surface area contributed by atoms with Gasteiger partial charge in [0.1, 0.15) is 12.1 Å². The maximum absolute atomic E-state index is 12.8. The highest BCUT2D eigenvalue weighted by molar-refractivity contribution is 6.35. The normalized spacial score (nSPS) is 26.0. The molecule has 2 atom stereocenters. The molecular formula is C15H16Cl2N2O2. The van der Waals surface area contributed by atoms with Crippen LogP contribution in [0.25, 0.3) is 0 Å². The van der Waals surface area contributed by atoms with Crippen molar-refractivity contribution in [1.82, 2.24) is 5.32 Å². The van der Waals surface area contributed by atoms with Crippen molar-refractivity contribution in [2.45, 2.75) is 38.3 Å². The molecule has 0 bridgehead atoms. The summed E-state index contributed by atoms with van der Waals surface area (Å²) in [5.41, 5.74) is 0.588. The average molecular weight is 327 g/mol. The molecule has 2 fully saturated rings. The molecule has 1 saturated heterocycles. The molecule has 1 aromatic rings. The molecule has 3 rings (SSSR count). The molecule has 1 aliphatic carbocycles. The van der Waals surface area contributed by atoms with Crippen molar-refractivity contribution in [3.63, 3.8) is 0 Å². The maximum Gasteiger partial charge on any atom is 0.250 e. The van der Waals surface area contributed by atoms with Gasteiger partial charge >= 0.3 is 0 Å². The summed E-state index contributed by atoms with van der Waals surface area (Å²) >= 11 is 12.1. The lowest BCUT2D eigenvalue weighted by atomic mass is 10.0. The van der Waals surface area contributed by atoms with E-state index in [2.05, 4.69) is 5.32 Å².